The molecule has 0 aliphatic carbocycles. The monoisotopic (exact) mass is 489 g/mol. The summed E-state index contributed by atoms with van der Waals surface area (Å²) in [6.45, 7) is 3.18. The van der Waals surface area contributed by atoms with Crippen molar-refractivity contribution in [3.05, 3.63) is 86.3 Å². The molecule has 0 heterocycles. The minimum atomic E-state index is 0.486. The molecule has 3 aromatic rings. The van der Waals surface area contributed by atoms with E-state index in [1.807, 2.05) is 42.5 Å². The van der Waals surface area contributed by atoms with E-state index in [1.165, 1.54) is 5.56 Å². The summed E-state index contributed by atoms with van der Waals surface area (Å²) in [5.74, 6) is 1.47. The molecule has 0 atom stereocenters. The predicted molar refractivity (Wildman–Crippen MR) is 118 cm³/mol. The van der Waals surface area contributed by atoms with E-state index in [1.54, 1.807) is 7.11 Å². The molecule has 0 aromatic heterocycles. The first-order valence-electron chi connectivity index (χ1n) is 8.60. The lowest BCUT2D eigenvalue weighted by atomic mass is 10.1. The Hall–Kier alpha value is -1.98. The SMILES string of the molecule is COc1ccc(Br)c(CNc2ccc(Br)cc2)c1OCc1cccc(C)c1. The van der Waals surface area contributed by atoms with E-state index >= 15 is 0 Å². The minimum absolute atomic E-state index is 0.486. The summed E-state index contributed by atoms with van der Waals surface area (Å²) in [5, 5.41) is 3.44. The number of ether oxygens (including phenoxy) is 2. The van der Waals surface area contributed by atoms with Gasteiger partial charge in [-0.25, -0.2) is 0 Å². The highest BCUT2D eigenvalue weighted by Crippen LogP contribution is 2.37. The molecule has 0 saturated heterocycles. The fourth-order valence-electron chi connectivity index (χ4n) is 2.78. The molecule has 3 aromatic carbocycles. The number of methoxy groups -OCH3 is 1. The molecule has 27 heavy (non-hydrogen) atoms. The molecule has 0 fully saturated rings. The highest BCUT2D eigenvalue weighted by atomic mass is 79.9. The van der Waals surface area contributed by atoms with Crippen LogP contribution in [0.3, 0.4) is 0 Å². The first kappa shape index (κ1) is 19.8. The van der Waals surface area contributed by atoms with Crippen molar-refractivity contribution in [2.75, 3.05) is 12.4 Å². The molecule has 0 saturated carbocycles. The second-order valence-electron chi connectivity index (χ2n) is 6.20. The molecule has 3 rings (SSSR count). The minimum Gasteiger partial charge on any atom is -0.493 e. The number of benzene rings is 3. The normalized spacial score (nSPS) is 10.5. The molecule has 0 aliphatic heterocycles. The quantitative estimate of drug-likeness (QED) is 0.398. The van der Waals surface area contributed by atoms with Crippen LogP contribution >= 0.6 is 31.9 Å². The van der Waals surface area contributed by atoms with Crippen LogP contribution in [0, 0.1) is 6.92 Å². The number of aryl methyl sites for hydroxylation is 1. The predicted octanol–water partition coefficient (Wildman–Crippen LogP) is 6.72. The third-order valence-corrected chi connectivity index (χ3v) is 5.44. The van der Waals surface area contributed by atoms with Gasteiger partial charge in [-0.3, -0.25) is 0 Å². The third kappa shape index (κ3) is 5.27. The lowest BCUT2D eigenvalue weighted by molar-refractivity contribution is 0.281. The molecular weight excluding hydrogens is 470 g/mol. The number of halogens is 2. The van der Waals surface area contributed by atoms with E-state index in [0.29, 0.717) is 13.2 Å². The first-order chi connectivity index (χ1) is 13.1. The maximum Gasteiger partial charge on any atom is 0.167 e. The Morgan fingerprint density at radius 2 is 1.74 bits per heavy atom. The van der Waals surface area contributed by atoms with Gasteiger partial charge >= 0.3 is 0 Å². The summed E-state index contributed by atoms with van der Waals surface area (Å²) in [4.78, 5) is 0. The zero-order valence-corrected chi connectivity index (χ0v) is 18.4. The van der Waals surface area contributed by atoms with Crippen molar-refractivity contribution in [2.45, 2.75) is 20.1 Å². The van der Waals surface area contributed by atoms with Crippen molar-refractivity contribution < 1.29 is 9.47 Å². The van der Waals surface area contributed by atoms with Crippen molar-refractivity contribution in [1.29, 1.82) is 0 Å². The summed E-state index contributed by atoms with van der Waals surface area (Å²) in [6, 6.07) is 20.3. The van der Waals surface area contributed by atoms with Gasteiger partial charge in [-0.15, -0.1) is 0 Å². The number of rotatable bonds is 7. The van der Waals surface area contributed by atoms with Gasteiger partial charge in [-0.05, 0) is 48.9 Å². The molecule has 140 valence electrons. The molecule has 1 N–H and O–H groups in total. The average Bonchev–Trinajstić information content (AvgIpc) is 2.67. The summed E-state index contributed by atoms with van der Waals surface area (Å²) in [6.07, 6.45) is 0. The Bertz CT molecular complexity index is 911. The third-order valence-electron chi connectivity index (χ3n) is 4.17. The largest absolute Gasteiger partial charge is 0.493 e. The van der Waals surface area contributed by atoms with Crippen molar-refractivity contribution in [3.63, 3.8) is 0 Å². The maximum absolute atomic E-state index is 6.19. The maximum atomic E-state index is 6.19. The smallest absolute Gasteiger partial charge is 0.167 e. The van der Waals surface area contributed by atoms with E-state index in [-0.39, 0.29) is 0 Å². The van der Waals surface area contributed by atoms with Crippen LogP contribution in [0.15, 0.2) is 69.6 Å². The zero-order chi connectivity index (χ0) is 19.2. The lowest BCUT2D eigenvalue weighted by Gasteiger charge is -2.18. The lowest BCUT2D eigenvalue weighted by Crippen LogP contribution is -2.06. The molecule has 0 spiro atoms. The van der Waals surface area contributed by atoms with Crippen LogP contribution in [0.1, 0.15) is 16.7 Å². The summed E-state index contributed by atoms with van der Waals surface area (Å²) < 4.78 is 13.8. The first-order valence-corrected chi connectivity index (χ1v) is 10.2. The van der Waals surface area contributed by atoms with E-state index in [2.05, 4.69) is 62.3 Å². The van der Waals surface area contributed by atoms with Crippen molar-refractivity contribution >= 4 is 37.5 Å². The fraction of sp³-hybridized carbons (Fsp3) is 0.182. The summed E-state index contributed by atoms with van der Waals surface area (Å²) >= 11 is 7.11. The number of nitrogens with one attached hydrogen (secondary N) is 1. The second-order valence-corrected chi connectivity index (χ2v) is 7.97. The molecule has 0 aliphatic rings. The molecule has 0 radical (unpaired) electrons. The Morgan fingerprint density at radius 3 is 2.44 bits per heavy atom. The van der Waals surface area contributed by atoms with Gasteiger partial charge in [-0.1, -0.05) is 61.7 Å². The Morgan fingerprint density at radius 1 is 0.963 bits per heavy atom. The van der Waals surface area contributed by atoms with E-state index in [9.17, 15) is 0 Å². The highest BCUT2D eigenvalue weighted by Gasteiger charge is 2.15. The molecular formula is C22H21Br2NO2. The fourth-order valence-corrected chi connectivity index (χ4v) is 3.50. The Kier molecular flexibility index (Phi) is 6.80. The average molecular weight is 491 g/mol. The Labute approximate surface area is 177 Å². The van der Waals surface area contributed by atoms with E-state index in [0.717, 1.165) is 37.3 Å². The molecule has 5 heteroatoms. The highest BCUT2D eigenvalue weighted by molar-refractivity contribution is 9.10. The van der Waals surface area contributed by atoms with Crippen molar-refractivity contribution in [2.24, 2.45) is 0 Å². The second kappa shape index (κ2) is 9.29. The van der Waals surface area contributed by atoms with E-state index in [4.69, 9.17) is 9.47 Å². The van der Waals surface area contributed by atoms with Crippen LogP contribution in [-0.4, -0.2) is 7.11 Å². The zero-order valence-electron chi connectivity index (χ0n) is 15.3. The Balaban J connectivity index is 1.82. The standard InChI is InChI=1S/C22H21Br2NO2/c1-15-4-3-5-16(12-15)14-27-22-19(20(24)10-11-21(22)26-2)13-25-18-8-6-17(23)7-9-18/h3-12,25H,13-14H2,1-2H3. The van der Waals surface area contributed by atoms with Gasteiger partial charge < -0.3 is 14.8 Å². The number of anilines is 1. The topological polar surface area (TPSA) is 30.5 Å². The van der Waals surface area contributed by atoms with Gasteiger partial charge in [0.05, 0.1) is 7.11 Å². The summed E-state index contributed by atoms with van der Waals surface area (Å²) in [7, 11) is 1.66. The molecule has 0 bridgehead atoms. The van der Waals surface area contributed by atoms with Crippen molar-refractivity contribution in [1.82, 2.24) is 0 Å². The summed E-state index contributed by atoms with van der Waals surface area (Å²) in [5.41, 5.74) is 4.40. The van der Waals surface area contributed by atoms with Crippen LogP contribution in [-0.2, 0) is 13.2 Å². The van der Waals surface area contributed by atoms with Crippen LogP contribution in [0.5, 0.6) is 11.5 Å². The van der Waals surface area contributed by atoms with Gasteiger partial charge in [0.1, 0.15) is 6.61 Å². The number of hydrogen-bond acceptors (Lipinski definition) is 3. The van der Waals surface area contributed by atoms with Gasteiger partial charge in [0.2, 0.25) is 0 Å². The van der Waals surface area contributed by atoms with Crippen LogP contribution in [0.2, 0.25) is 0 Å². The molecule has 3 nitrogen and oxygen atoms in total. The van der Waals surface area contributed by atoms with Crippen LogP contribution < -0.4 is 14.8 Å². The van der Waals surface area contributed by atoms with Crippen LogP contribution in [0.25, 0.3) is 0 Å². The van der Waals surface area contributed by atoms with Gasteiger partial charge in [0.25, 0.3) is 0 Å². The van der Waals surface area contributed by atoms with Crippen LogP contribution in [0.4, 0.5) is 5.69 Å². The van der Waals surface area contributed by atoms with Gasteiger partial charge in [-0.2, -0.15) is 0 Å². The van der Waals surface area contributed by atoms with Gasteiger partial charge in [0, 0.05) is 26.7 Å². The number of hydrogen-bond donors (Lipinski definition) is 1. The van der Waals surface area contributed by atoms with E-state index < -0.39 is 0 Å². The molecule has 0 unspecified atom stereocenters. The van der Waals surface area contributed by atoms with Gasteiger partial charge in [0.15, 0.2) is 11.5 Å². The molecule has 0 amide bonds. The van der Waals surface area contributed by atoms with Crippen molar-refractivity contribution in [3.8, 4) is 11.5 Å².